The fourth-order valence-electron chi connectivity index (χ4n) is 10.4. The lowest BCUT2D eigenvalue weighted by Gasteiger charge is -2.32. The van der Waals surface area contributed by atoms with Crippen molar-refractivity contribution in [2.24, 2.45) is 5.92 Å². The zero-order chi connectivity index (χ0) is 43.3. The van der Waals surface area contributed by atoms with Gasteiger partial charge in [-0.15, -0.1) is 0 Å². The van der Waals surface area contributed by atoms with Crippen molar-refractivity contribution >= 4 is 60.5 Å². The smallest absolute Gasteiger partial charge is 0.264 e. The molecule has 0 aliphatic carbocycles. The fourth-order valence-corrected chi connectivity index (χ4v) is 12.9. The summed E-state index contributed by atoms with van der Waals surface area (Å²) in [7, 11) is -3.66. The van der Waals surface area contributed by atoms with Gasteiger partial charge in [0.2, 0.25) is 26.1 Å². The molecule has 5 aromatic carbocycles. The first-order valence-corrected chi connectivity index (χ1v) is 24.5. The number of carbonyl (C=O) groups excluding carboxylic acids is 4. The number of hydrogen-bond acceptors (Lipinski definition) is 6. The van der Waals surface area contributed by atoms with Crippen LogP contribution >= 0.6 is 0 Å². The number of benzene rings is 5. The summed E-state index contributed by atoms with van der Waals surface area (Å²) < 4.78 is 24.0. The lowest BCUT2D eigenvalue weighted by molar-refractivity contribution is -0.150. The van der Waals surface area contributed by atoms with E-state index in [4.69, 9.17) is 4.74 Å². The number of carbonyl (C=O) groups is 4. The molecule has 10 nitrogen and oxygen atoms in total. The molecule has 0 aromatic heterocycles. The quantitative estimate of drug-likeness (QED) is 0.105. The van der Waals surface area contributed by atoms with Gasteiger partial charge in [0.15, 0.2) is 5.60 Å². The van der Waals surface area contributed by atoms with Crippen molar-refractivity contribution in [2.45, 2.75) is 82.5 Å². The molecule has 12 heteroatoms. The molecule has 4 aliphatic rings. The van der Waals surface area contributed by atoms with E-state index in [1.54, 1.807) is 32.7 Å². The van der Waals surface area contributed by atoms with Crippen LogP contribution in [-0.2, 0) is 55.4 Å². The van der Waals surface area contributed by atoms with E-state index in [1.165, 1.54) is 0 Å². The number of para-hydroxylation sites is 2. The lowest BCUT2D eigenvalue weighted by atomic mass is 9.82. The molecule has 5 aromatic rings. The Hall–Kier alpha value is -5.95. The maximum absolute atomic E-state index is 16.9. The van der Waals surface area contributed by atoms with Crippen molar-refractivity contribution < 1.29 is 33.1 Å². The minimum Gasteiger partial charge on any atom is -0.395 e. The molecule has 1 saturated heterocycles. The van der Waals surface area contributed by atoms with Crippen molar-refractivity contribution in [1.82, 2.24) is 4.90 Å². The summed E-state index contributed by atoms with van der Waals surface area (Å²) >= 11 is 0. The fraction of sp³-hybridized carbons (Fsp3) is 0.320. The number of halogens is 1. The van der Waals surface area contributed by atoms with Crippen molar-refractivity contribution in [1.29, 1.82) is 0 Å². The monoisotopic (exact) mass is 850 g/mol. The maximum atomic E-state index is 16.9. The standard InChI is InChI=1S/C50H51FN4O6Si/c1-33-48(62(2,3)51)44(30-47(59)52(27-28-56)31-34-11-5-4-6-12-34)61-50(33)40-29-39(55-42-16-10-8-14-37(42)20-26-46(55)58)23-24-43(40)53(49(50)60)32-35-17-21-38(22-18-35)54-41-15-9-7-13-36(41)19-25-45(54)57/h4-18,21-24,29,33,44,48,56H,19-20,25-28,30-32H2,1-3H3/t33-,44+,48-,50+/m0/s1. The van der Waals surface area contributed by atoms with Gasteiger partial charge in [-0.05, 0) is 90.7 Å². The minimum atomic E-state index is -3.66. The van der Waals surface area contributed by atoms with Crippen LogP contribution in [0.3, 0.4) is 0 Å². The summed E-state index contributed by atoms with van der Waals surface area (Å²) in [5.74, 6) is -1.41. The highest BCUT2D eigenvalue weighted by Gasteiger charge is 2.67. The number of aryl methyl sites for hydroxylation is 2. The first kappa shape index (κ1) is 41.4. The summed E-state index contributed by atoms with van der Waals surface area (Å²) in [5, 5.41) is 9.98. The second kappa shape index (κ2) is 16.4. The van der Waals surface area contributed by atoms with E-state index in [9.17, 15) is 19.5 Å². The van der Waals surface area contributed by atoms with Gasteiger partial charge in [-0.25, -0.2) is 0 Å². The van der Waals surface area contributed by atoms with E-state index in [0.717, 1.165) is 39.3 Å². The number of ether oxygens (including phenoxy) is 1. The Bertz CT molecular complexity index is 2550. The van der Waals surface area contributed by atoms with Gasteiger partial charge < -0.3 is 23.8 Å². The van der Waals surface area contributed by atoms with Crippen LogP contribution in [0.15, 0.2) is 121 Å². The molecule has 4 atom stereocenters. The minimum absolute atomic E-state index is 0.0153. The molecule has 0 saturated carbocycles. The van der Waals surface area contributed by atoms with Gasteiger partial charge >= 0.3 is 0 Å². The number of rotatable bonds is 11. The number of fused-ring (bicyclic) bond motifs is 4. The largest absolute Gasteiger partial charge is 0.395 e. The van der Waals surface area contributed by atoms with Crippen molar-refractivity contribution in [3.8, 4) is 0 Å². The van der Waals surface area contributed by atoms with Gasteiger partial charge in [-0.3, -0.25) is 29.0 Å². The number of hydrogen-bond donors (Lipinski definition) is 1. The molecule has 0 unspecified atom stereocenters. The predicted octanol–water partition coefficient (Wildman–Crippen LogP) is 8.64. The van der Waals surface area contributed by atoms with Gasteiger partial charge in [0.05, 0.1) is 42.7 Å². The van der Waals surface area contributed by atoms with E-state index >= 15 is 8.90 Å². The first-order chi connectivity index (χ1) is 29.9. The van der Waals surface area contributed by atoms with Gasteiger partial charge in [-0.2, -0.15) is 0 Å². The molecule has 4 amide bonds. The molecule has 0 bridgehead atoms. The molecule has 4 heterocycles. The Morgan fingerprint density at radius 1 is 0.758 bits per heavy atom. The summed E-state index contributed by atoms with van der Waals surface area (Å²) in [6.07, 6.45) is 0.924. The average Bonchev–Trinajstić information content (AvgIpc) is 3.69. The zero-order valence-corrected chi connectivity index (χ0v) is 36.3. The van der Waals surface area contributed by atoms with Crippen molar-refractivity contribution in [3.05, 3.63) is 149 Å². The Morgan fingerprint density at radius 3 is 1.95 bits per heavy atom. The normalized spacial score (nSPS) is 21.9. The molecule has 318 valence electrons. The third-order valence-electron chi connectivity index (χ3n) is 13.2. The summed E-state index contributed by atoms with van der Waals surface area (Å²) in [5.41, 5.74) is 5.48. The third kappa shape index (κ3) is 7.23. The highest BCUT2D eigenvalue weighted by Crippen LogP contribution is 2.61. The van der Waals surface area contributed by atoms with Crippen LogP contribution < -0.4 is 14.7 Å². The van der Waals surface area contributed by atoms with Crippen LogP contribution in [0.5, 0.6) is 0 Å². The number of nitrogens with zero attached hydrogens (tertiary/aromatic N) is 4. The van der Waals surface area contributed by atoms with Gasteiger partial charge in [0, 0.05) is 54.3 Å². The Morgan fingerprint density at radius 2 is 1.34 bits per heavy atom. The molecule has 1 spiro atoms. The number of aliphatic hydroxyl groups excluding tert-OH is 1. The molecular formula is C50H51FN4O6Si. The highest BCUT2D eigenvalue weighted by molar-refractivity contribution is 6.72. The van der Waals surface area contributed by atoms with E-state index in [2.05, 4.69) is 0 Å². The second-order valence-electron chi connectivity index (χ2n) is 17.5. The Kier molecular flexibility index (Phi) is 10.9. The van der Waals surface area contributed by atoms with Crippen LogP contribution in [0.2, 0.25) is 18.6 Å². The van der Waals surface area contributed by atoms with Crippen LogP contribution in [0, 0.1) is 5.92 Å². The SMILES string of the molecule is C[C@H]1[C@H]([Si](C)(C)F)[C@@H](CC(=O)N(CCO)Cc2ccccc2)O[C@]12C(=O)N(Cc1ccc(N3C(=O)CCc4ccccc43)cc1)c1ccc(N3C(=O)CCc4ccccc43)cc12. The van der Waals surface area contributed by atoms with Gasteiger partial charge in [-0.1, -0.05) is 85.8 Å². The number of amides is 4. The molecular weight excluding hydrogens is 800 g/mol. The lowest BCUT2D eigenvalue weighted by Crippen LogP contribution is -2.45. The van der Waals surface area contributed by atoms with Crippen LogP contribution in [-0.4, -0.2) is 61.3 Å². The van der Waals surface area contributed by atoms with E-state index in [1.807, 2.05) is 128 Å². The van der Waals surface area contributed by atoms with Gasteiger partial charge in [0.25, 0.3) is 5.91 Å². The number of aliphatic hydroxyl groups is 1. The molecule has 4 aliphatic heterocycles. The van der Waals surface area contributed by atoms with E-state index in [0.29, 0.717) is 42.6 Å². The molecule has 62 heavy (non-hydrogen) atoms. The highest BCUT2D eigenvalue weighted by atomic mass is 28.4. The molecule has 0 radical (unpaired) electrons. The third-order valence-corrected chi connectivity index (χ3v) is 15.7. The number of anilines is 5. The van der Waals surface area contributed by atoms with E-state index < -0.39 is 31.6 Å². The maximum Gasteiger partial charge on any atom is 0.264 e. The van der Waals surface area contributed by atoms with Crippen LogP contribution in [0.25, 0.3) is 0 Å². The van der Waals surface area contributed by atoms with Crippen LogP contribution in [0.1, 0.15) is 54.0 Å². The predicted molar refractivity (Wildman–Crippen MR) is 240 cm³/mol. The Balaban J connectivity index is 1.10. The molecule has 9 rings (SSSR count). The Labute approximate surface area is 362 Å². The summed E-state index contributed by atoms with van der Waals surface area (Å²) in [6, 6.07) is 38.4. The van der Waals surface area contributed by atoms with Crippen molar-refractivity contribution in [3.63, 3.8) is 0 Å². The summed E-state index contributed by atoms with van der Waals surface area (Å²) in [6.45, 7) is 5.33. The molecule has 1 fully saturated rings. The van der Waals surface area contributed by atoms with E-state index in [-0.39, 0.29) is 56.3 Å². The van der Waals surface area contributed by atoms with Crippen LogP contribution in [0.4, 0.5) is 32.5 Å². The molecule has 1 N–H and O–H groups in total. The first-order valence-electron chi connectivity index (χ1n) is 21.6. The zero-order valence-electron chi connectivity index (χ0n) is 35.3. The van der Waals surface area contributed by atoms with Gasteiger partial charge in [0.1, 0.15) is 0 Å². The topological polar surface area (TPSA) is 111 Å². The summed E-state index contributed by atoms with van der Waals surface area (Å²) in [4.78, 5) is 63.3. The van der Waals surface area contributed by atoms with Crippen molar-refractivity contribution in [2.75, 3.05) is 27.9 Å². The second-order valence-corrected chi connectivity index (χ2v) is 21.3. The average molecular weight is 851 g/mol.